The number of hydrogen-bond donors (Lipinski definition) is 2. The minimum Gasteiger partial charge on any atom is -0.351 e. The van der Waals surface area contributed by atoms with Crippen molar-refractivity contribution in [2.45, 2.75) is 6.42 Å². The van der Waals surface area contributed by atoms with Gasteiger partial charge in [0.25, 0.3) is 5.91 Å². The van der Waals surface area contributed by atoms with Crippen molar-refractivity contribution in [3.8, 4) is 0 Å². The molecule has 0 saturated heterocycles. The normalized spacial score (nSPS) is 10.7. The number of H-pyrrole nitrogens is 1. The molecule has 0 fully saturated rings. The quantitative estimate of drug-likeness (QED) is 0.756. The summed E-state index contributed by atoms with van der Waals surface area (Å²) in [6.07, 6.45) is 0.818. The number of rotatable bonds is 4. The van der Waals surface area contributed by atoms with Crippen LogP contribution >= 0.6 is 11.6 Å². The number of fused-ring (bicyclic) bond motifs is 1. The maximum absolute atomic E-state index is 12.1. The van der Waals surface area contributed by atoms with Crippen molar-refractivity contribution in [2.24, 2.45) is 0 Å². The van der Waals surface area contributed by atoms with E-state index in [1.807, 2.05) is 36.4 Å². The lowest BCUT2D eigenvalue weighted by molar-refractivity contribution is 0.0950. The van der Waals surface area contributed by atoms with Gasteiger partial charge in [0.15, 0.2) is 0 Å². The number of benzene rings is 2. The minimum absolute atomic E-state index is 0.0988. The first kappa shape index (κ1) is 13.7. The van der Waals surface area contributed by atoms with E-state index in [-0.39, 0.29) is 5.91 Å². The van der Waals surface area contributed by atoms with Crippen molar-refractivity contribution in [3.05, 3.63) is 70.9 Å². The smallest absolute Gasteiger partial charge is 0.267 e. The Hall–Kier alpha value is -2.26. The average Bonchev–Trinajstić information content (AvgIpc) is 2.91. The fourth-order valence-corrected chi connectivity index (χ4v) is 2.47. The van der Waals surface area contributed by atoms with Gasteiger partial charge in [-0.2, -0.15) is 0 Å². The second kappa shape index (κ2) is 6.02. The number of carbonyl (C=O) groups excluding carboxylic acids is 1. The van der Waals surface area contributed by atoms with Crippen LogP contribution in [0, 0.1) is 0 Å². The van der Waals surface area contributed by atoms with Gasteiger partial charge >= 0.3 is 0 Å². The van der Waals surface area contributed by atoms with E-state index in [4.69, 9.17) is 11.6 Å². The lowest BCUT2D eigenvalue weighted by atomic mass is 10.1. The Balaban J connectivity index is 1.64. The summed E-state index contributed by atoms with van der Waals surface area (Å²) in [5, 5.41) is 4.52. The lowest BCUT2D eigenvalue weighted by Crippen LogP contribution is -2.25. The van der Waals surface area contributed by atoms with E-state index in [1.54, 1.807) is 6.07 Å². The summed E-state index contributed by atoms with van der Waals surface area (Å²) < 4.78 is 0. The van der Waals surface area contributed by atoms with Gasteiger partial charge in [-0.3, -0.25) is 4.79 Å². The zero-order valence-electron chi connectivity index (χ0n) is 11.4. The summed E-state index contributed by atoms with van der Waals surface area (Å²) >= 11 is 5.94. The van der Waals surface area contributed by atoms with Crippen molar-refractivity contribution in [3.63, 3.8) is 0 Å². The van der Waals surface area contributed by atoms with E-state index in [9.17, 15) is 4.79 Å². The van der Waals surface area contributed by atoms with Gasteiger partial charge in [-0.25, -0.2) is 0 Å². The van der Waals surface area contributed by atoms with Crippen LogP contribution < -0.4 is 5.32 Å². The van der Waals surface area contributed by atoms with Gasteiger partial charge in [0.1, 0.15) is 5.69 Å². The van der Waals surface area contributed by atoms with Crippen LogP contribution in [0.1, 0.15) is 16.1 Å². The fraction of sp³-hybridized carbons (Fsp3) is 0.118. The Morgan fingerprint density at radius 2 is 1.90 bits per heavy atom. The van der Waals surface area contributed by atoms with E-state index in [0.717, 1.165) is 17.3 Å². The first-order valence-corrected chi connectivity index (χ1v) is 7.20. The Labute approximate surface area is 127 Å². The highest BCUT2D eigenvalue weighted by molar-refractivity contribution is 6.31. The number of nitrogens with one attached hydrogen (secondary N) is 2. The zero-order valence-corrected chi connectivity index (χ0v) is 12.2. The SMILES string of the molecule is O=C(NCCc1ccccc1)c1cc2cc(Cl)ccc2[nH]1. The molecule has 106 valence electrons. The predicted octanol–water partition coefficient (Wildman–Crippen LogP) is 3.79. The first-order chi connectivity index (χ1) is 10.2. The number of carbonyl (C=O) groups is 1. The number of aromatic nitrogens is 1. The topological polar surface area (TPSA) is 44.9 Å². The second-order valence-corrected chi connectivity index (χ2v) is 5.34. The van der Waals surface area contributed by atoms with E-state index in [2.05, 4.69) is 22.4 Å². The molecule has 0 saturated carbocycles. The van der Waals surface area contributed by atoms with E-state index in [1.165, 1.54) is 5.56 Å². The third-order valence-corrected chi connectivity index (χ3v) is 3.60. The molecule has 0 radical (unpaired) electrons. The molecule has 0 aliphatic heterocycles. The lowest BCUT2D eigenvalue weighted by Gasteiger charge is -2.03. The largest absolute Gasteiger partial charge is 0.351 e. The average molecular weight is 299 g/mol. The van der Waals surface area contributed by atoms with E-state index >= 15 is 0 Å². The molecule has 0 aliphatic carbocycles. The number of amides is 1. The van der Waals surface area contributed by atoms with E-state index < -0.39 is 0 Å². The molecule has 4 heteroatoms. The van der Waals surface area contributed by atoms with Crippen LogP contribution in [0.15, 0.2) is 54.6 Å². The molecule has 1 amide bonds. The summed E-state index contributed by atoms with van der Waals surface area (Å²) in [5.74, 6) is -0.0988. The molecule has 0 bridgehead atoms. The first-order valence-electron chi connectivity index (χ1n) is 6.83. The van der Waals surface area contributed by atoms with Gasteiger partial charge in [0, 0.05) is 22.5 Å². The van der Waals surface area contributed by atoms with Crippen LogP contribution in [0.3, 0.4) is 0 Å². The van der Waals surface area contributed by atoms with Crippen LogP contribution in [0.2, 0.25) is 5.02 Å². The van der Waals surface area contributed by atoms with Gasteiger partial charge < -0.3 is 10.3 Å². The highest BCUT2D eigenvalue weighted by Gasteiger charge is 2.09. The Morgan fingerprint density at radius 1 is 1.10 bits per heavy atom. The molecule has 1 aromatic heterocycles. The highest BCUT2D eigenvalue weighted by atomic mass is 35.5. The van der Waals surface area contributed by atoms with Crippen LogP contribution in [-0.4, -0.2) is 17.4 Å². The minimum atomic E-state index is -0.0988. The molecule has 2 N–H and O–H groups in total. The van der Waals surface area contributed by atoms with Crippen LogP contribution in [0.25, 0.3) is 10.9 Å². The molecule has 0 unspecified atom stereocenters. The molecule has 21 heavy (non-hydrogen) atoms. The van der Waals surface area contributed by atoms with Crippen molar-refractivity contribution in [1.82, 2.24) is 10.3 Å². The van der Waals surface area contributed by atoms with Crippen LogP contribution in [-0.2, 0) is 6.42 Å². The van der Waals surface area contributed by atoms with Gasteiger partial charge in [0.05, 0.1) is 0 Å². The highest BCUT2D eigenvalue weighted by Crippen LogP contribution is 2.19. The Morgan fingerprint density at radius 3 is 2.71 bits per heavy atom. The summed E-state index contributed by atoms with van der Waals surface area (Å²) in [7, 11) is 0. The maximum Gasteiger partial charge on any atom is 0.267 e. The van der Waals surface area contributed by atoms with Crippen LogP contribution in [0.4, 0.5) is 0 Å². The molecular formula is C17H15ClN2O. The van der Waals surface area contributed by atoms with Gasteiger partial charge in [0.2, 0.25) is 0 Å². The molecular weight excluding hydrogens is 284 g/mol. The van der Waals surface area contributed by atoms with E-state index in [0.29, 0.717) is 17.3 Å². The number of halogens is 1. The second-order valence-electron chi connectivity index (χ2n) is 4.91. The predicted molar refractivity (Wildman–Crippen MR) is 85.8 cm³/mol. The van der Waals surface area contributed by atoms with Crippen molar-refractivity contribution in [1.29, 1.82) is 0 Å². The fourth-order valence-electron chi connectivity index (χ4n) is 2.29. The van der Waals surface area contributed by atoms with Crippen molar-refractivity contribution in [2.75, 3.05) is 6.54 Å². The molecule has 3 aromatic rings. The van der Waals surface area contributed by atoms with Crippen molar-refractivity contribution >= 4 is 28.4 Å². The summed E-state index contributed by atoms with van der Waals surface area (Å²) in [5.41, 5.74) is 2.68. The third-order valence-electron chi connectivity index (χ3n) is 3.37. The molecule has 3 rings (SSSR count). The molecule has 0 atom stereocenters. The molecule has 0 aliphatic rings. The van der Waals surface area contributed by atoms with Gasteiger partial charge in [-0.15, -0.1) is 0 Å². The molecule has 3 nitrogen and oxygen atoms in total. The maximum atomic E-state index is 12.1. The summed E-state index contributed by atoms with van der Waals surface area (Å²) in [6.45, 7) is 0.610. The standard InChI is InChI=1S/C17H15ClN2O/c18-14-6-7-15-13(10-14)11-16(20-15)17(21)19-9-8-12-4-2-1-3-5-12/h1-7,10-11,20H,8-9H2,(H,19,21). The summed E-state index contributed by atoms with van der Waals surface area (Å²) in [6, 6.07) is 17.4. The zero-order chi connectivity index (χ0) is 14.7. The molecule has 1 heterocycles. The number of aromatic amines is 1. The van der Waals surface area contributed by atoms with Gasteiger partial charge in [-0.05, 0) is 36.2 Å². The Bertz CT molecular complexity index is 765. The van der Waals surface area contributed by atoms with Gasteiger partial charge in [-0.1, -0.05) is 41.9 Å². The number of hydrogen-bond acceptors (Lipinski definition) is 1. The monoisotopic (exact) mass is 298 g/mol. The molecule has 0 spiro atoms. The Kier molecular flexibility index (Phi) is 3.93. The van der Waals surface area contributed by atoms with Crippen LogP contribution in [0.5, 0.6) is 0 Å². The summed E-state index contributed by atoms with van der Waals surface area (Å²) in [4.78, 5) is 15.2. The molecule has 2 aromatic carbocycles. The third kappa shape index (κ3) is 3.26. The van der Waals surface area contributed by atoms with Crippen molar-refractivity contribution < 1.29 is 4.79 Å².